The molecule has 0 aliphatic carbocycles. The van der Waals surface area contributed by atoms with E-state index >= 15 is 0 Å². The van der Waals surface area contributed by atoms with Crippen LogP contribution >= 0.6 is 23.2 Å². The Kier molecular flexibility index (Phi) is 4.43. The zero-order chi connectivity index (χ0) is 15.0. The van der Waals surface area contributed by atoms with Crippen molar-refractivity contribution in [1.82, 2.24) is 10.2 Å². The van der Waals surface area contributed by atoms with E-state index in [1.807, 2.05) is 11.8 Å². The molecule has 2 unspecified atom stereocenters. The second kappa shape index (κ2) is 6.15. The number of piperidine rings is 1. The highest BCUT2D eigenvalue weighted by Gasteiger charge is 2.37. The summed E-state index contributed by atoms with van der Waals surface area (Å²) < 4.78 is 0. The standard InChI is InChI=1S/C16H20Cl2N2O/c1-2-20(15-8-13-3-4-14(9-15)19-13)16(21)10-5-11(17)7-12(18)6-10/h5-7,13-15,19H,2-4,8-9H2,1H3. The number of hydrogen-bond acceptors (Lipinski definition) is 2. The number of nitrogens with zero attached hydrogens (tertiary/aromatic N) is 1. The number of nitrogens with one attached hydrogen (secondary N) is 1. The summed E-state index contributed by atoms with van der Waals surface area (Å²) in [6, 6.07) is 6.51. The van der Waals surface area contributed by atoms with Gasteiger partial charge in [-0.25, -0.2) is 0 Å². The van der Waals surface area contributed by atoms with Gasteiger partial charge in [-0.15, -0.1) is 0 Å². The molecular weight excluding hydrogens is 307 g/mol. The molecule has 2 aliphatic heterocycles. The Balaban J connectivity index is 1.80. The molecule has 0 aromatic heterocycles. The molecular formula is C16H20Cl2N2O. The average Bonchev–Trinajstić information content (AvgIpc) is 2.77. The summed E-state index contributed by atoms with van der Waals surface area (Å²) in [4.78, 5) is 14.8. The molecule has 21 heavy (non-hydrogen) atoms. The van der Waals surface area contributed by atoms with Crippen molar-refractivity contribution < 1.29 is 4.79 Å². The first-order chi connectivity index (χ1) is 10.1. The minimum absolute atomic E-state index is 0.0354. The van der Waals surface area contributed by atoms with Gasteiger partial charge in [-0.05, 0) is 50.8 Å². The van der Waals surface area contributed by atoms with E-state index in [2.05, 4.69) is 5.32 Å². The molecule has 0 saturated carbocycles. The van der Waals surface area contributed by atoms with Gasteiger partial charge < -0.3 is 10.2 Å². The van der Waals surface area contributed by atoms with Crippen molar-refractivity contribution >= 4 is 29.1 Å². The topological polar surface area (TPSA) is 32.3 Å². The molecule has 2 heterocycles. The first-order valence-corrected chi connectivity index (χ1v) is 8.35. The second-order valence-electron chi connectivity index (χ2n) is 6.01. The van der Waals surface area contributed by atoms with Gasteiger partial charge in [0.25, 0.3) is 5.91 Å². The van der Waals surface area contributed by atoms with Gasteiger partial charge in [0.15, 0.2) is 0 Å². The van der Waals surface area contributed by atoms with Crippen molar-refractivity contribution in [3.8, 4) is 0 Å². The summed E-state index contributed by atoms with van der Waals surface area (Å²) in [6.07, 6.45) is 4.56. The lowest BCUT2D eigenvalue weighted by Crippen LogP contribution is -2.50. The summed E-state index contributed by atoms with van der Waals surface area (Å²) in [6.45, 7) is 2.75. The van der Waals surface area contributed by atoms with Crippen molar-refractivity contribution in [2.45, 2.75) is 50.7 Å². The van der Waals surface area contributed by atoms with Crippen LogP contribution in [0, 0.1) is 0 Å². The van der Waals surface area contributed by atoms with E-state index < -0.39 is 0 Å². The summed E-state index contributed by atoms with van der Waals surface area (Å²) >= 11 is 12.0. The molecule has 3 nitrogen and oxygen atoms in total. The van der Waals surface area contributed by atoms with Gasteiger partial charge in [-0.3, -0.25) is 4.79 Å². The number of fused-ring (bicyclic) bond motifs is 2. The lowest BCUT2D eigenvalue weighted by molar-refractivity contribution is 0.0631. The number of hydrogen-bond donors (Lipinski definition) is 1. The van der Waals surface area contributed by atoms with E-state index in [9.17, 15) is 4.79 Å². The number of carbonyl (C=O) groups is 1. The third-order valence-electron chi connectivity index (χ3n) is 4.60. The molecule has 1 N–H and O–H groups in total. The monoisotopic (exact) mass is 326 g/mol. The van der Waals surface area contributed by atoms with Gasteiger partial charge in [0, 0.05) is 40.3 Å². The molecule has 2 atom stereocenters. The third-order valence-corrected chi connectivity index (χ3v) is 5.04. The maximum Gasteiger partial charge on any atom is 0.254 e. The Labute approximate surface area is 135 Å². The molecule has 0 radical (unpaired) electrons. The summed E-state index contributed by atoms with van der Waals surface area (Å²) in [5.41, 5.74) is 0.584. The first-order valence-electron chi connectivity index (χ1n) is 7.60. The van der Waals surface area contributed by atoms with Crippen LogP contribution in [0.25, 0.3) is 0 Å². The normalized spacial score (nSPS) is 27.7. The largest absolute Gasteiger partial charge is 0.336 e. The minimum Gasteiger partial charge on any atom is -0.336 e. The van der Waals surface area contributed by atoms with Crippen molar-refractivity contribution in [2.75, 3.05) is 6.54 Å². The van der Waals surface area contributed by atoms with Crippen LogP contribution < -0.4 is 5.32 Å². The highest BCUT2D eigenvalue weighted by Crippen LogP contribution is 2.31. The van der Waals surface area contributed by atoms with E-state index in [1.54, 1.807) is 18.2 Å². The number of amides is 1. The number of halogens is 2. The quantitative estimate of drug-likeness (QED) is 0.917. The zero-order valence-electron chi connectivity index (χ0n) is 12.1. The number of rotatable bonds is 3. The van der Waals surface area contributed by atoms with Gasteiger partial charge in [-0.2, -0.15) is 0 Å². The molecule has 3 rings (SSSR count). The van der Waals surface area contributed by atoms with Crippen LogP contribution in [0.5, 0.6) is 0 Å². The van der Waals surface area contributed by atoms with Crippen LogP contribution in [0.2, 0.25) is 10.0 Å². The molecule has 2 fully saturated rings. The maximum absolute atomic E-state index is 12.8. The summed E-state index contributed by atoms with van der Waals surface area (Å²) in [5.74, 6) is 0.0354. The maximum atomic E-state index is 12.8. The number of carbonyl (C=O) groups excluding carboxylic acids is 1. The highest BCUT2D eigenvalue weighted by atomic mass is 35.5. The third kappa shape index (κ3) is 3.20. The van der Waals surface area contributed by atoms with E-state index in [0.29, 0.717) is 40.3 Å². The van der Waals surface area contributed by atoms with Crippen LogP contribution in [-0.4, -0.2) is 35.5 Å². The Morgan fingerprint density at radius 2 is 1.76 bits per heavy atom. The van der Waals surface area contributed by atoms with Crippen LogP contribution in [0.15, 0.2) is 18.2 Å². The predicted molar refractivity (Wildman–Crippen MR) is 86.1 cm³/mol. The van der Waals surface area contributed by atoms with Crippen LogP contribution in [0.4, 0.5) is 0 Å². The Morgan fingerprint density at radius 3 is 2.29 bits per heavy atom. The molecule has 1 aromatic carbocycles. The molecule has 5 heteroatoms. The van der Waals surface area contributed by atoms with Crippen molar-refractivity contribution in [2.24, 2.45) is 0 Å². The summed E-state index contributed by atoms with van der Waals surface area (Å²) in [7, 11) is 0. The predicted octanol–water partition coefficient (Wildman–Crippen LogP) is 3.74. The van der Waals surface area contributed by atoms with Crippen molar-refractivity contribution in [3.05, 3.63) is 33.8 Å². The first kappa shape index (κ1) is 15.1. The average molecular weight is 327 g/mol. The fourth-order valence-corrected chi connectivity index (χ4v) is 4.22. The highest BCUT2D eigenvalue weighted by molar-refractivity contribution is 6.35. The Hall–Kier alpha value is -0.770. The van der Waals surface area contributed by atoms with Crippen LogP contribution in [0.3, 0.4) is 0 Å². The lowest BCUT2D eigenvalue weighted by Gasteiger charge is -2.37. The molecule has 2 saturated heterocycles. The smallest absolute Gasteiger partial charge is 0.254 e. The Bertz CT molecular complexity index is 517. The van der Waals surface area contributed by atoms with Gasteiger partial charge >= 0.3 is 0 Å². The molecule has 1 aromatic rings. The van der Waals surface area contributed by atoms with Crippen LogP contribution in [0.1, 0.15) is 43.0 Å². The van der Waals surface area contributed by atoms with E-state index in [4.69, 9.17) is 23.2 Å². The Morgan fingerprint density at radius 1 is 1.19 bits per heavy atom. The summed E-state index contributed by atoms with van der Waals surface area (Å²) in [5, 5.41) is 4.63. The molecule has 1 amide bonds. The molecule has 2 aliphatic rings. The van der Waals surface area contributed by atoms with Crippen LogP contribution in [-0.2, 0) is 0 Å². The van der Waals surface area contributed by atoms with Gasteiger partial charge in [-0.1, -0.05) is 23.2 Å². The van der Waals surface area contributed by atoms with Gasteiger partial charge in [0.2, 0.25) is 0 Å². The second-order valence-corrected chi connectivity index (χ2v) is 6.89. The number of benzene rings is 1. The van der Waals surface area contributed by atoms with Crippen molar-refractivity contribution in [3.63, 3.8) is 0 Å². The SMILES string of the molecule is CCN(C(=O)c1cc(Cl)cc(Cl)c1)C1CC2CCC(C1)N2. The molecule has 0 spiro atoms. The fourth-order valence-electron chi connectivity index (χ4n) is 3.69. The van der Waals surface area contributed by atoms with E-state index in [1.165, 1.54) is 12.8 Å². The van der Waals surface area contributed by atoms with E-state index in [0.717, 1.165) is 12.8 Å². The minimum atomic E-state index is 0.0354. The van der Waals surface area contributed by atoms with Gasteiger partial charge in [0.1, 0.15) is 0 Å². The molecule has 114 valence electrons. The van der Waals surface area contributed by atoms with Gasteiger partial charge in [0.05, 0.1) is 0 Å². The van der Waals surface area contributed by atoms with Crippen molar-refractivity contribution in [1.29, 1.82) is 0 Å². The van der Waals surface area contributed by atoms with E-state index in [-0.39, 0.29) is 5.91 Å². The fraction of sp³-hybridized carbons (Fsp3) is 0.562. The molecule has 2 bridgehead atoms. The zero-order valence-corrected chi connectivity index (χ0v) is 13.6. The lowest BCUT2D eigenvalue weighted by atomic mass is 9.97.